The first kappa shape index (κ1) is 11.1. The highest BCUT2D eigenvalue weighted by Gasteiger charge is 2.09. The molecule has 1 aromatic heterocycles. The van der Waals surface area contributed by atoms with Gasteiger partial charge in [0.2, 0.25) is 0 Å². The molecular weight excluding hydrogens is 270 g/mol. The maximum atomic E-state index is 11.8. The number of nitrogens with one attached hydrogen (secondary N) is 1. The summed E-state index contributed by atoms with van der Waals surface area (Å²) in [5.74, 6) is -0.123. The van der Waals surface area contributed by atoms with E-state index in [1.807, 2.05) is 19.1 Å². The van der Waals surface area contributed by atoms with E-state index in [0.29, 0.717) is 11.1 Å². The van der Waals surface area contributed by atoms with Gasteiger partial charge in [-0.3, -0.25) is 9.59 Å². The van der Waals surface area contributed by atoms with Crippen LogP contribution < -0.4 is 5.43 Å². The molecule has 2 aromatic rings. The molecule has 0 aliphatic rings. The number of hydrogen-bond donors (Lipinski definition) is 1. The van der Waals surface area contributed by atoms with E-state index in [1.54, 1.807) is 6.07 Å². The van der Waals surface area contributed by atoms with Gasteiger partial charge in [-0.25, -0.2) is 0 Å². The van der Waals surface area contributed by atoms with Crippen molar-refractivity contribution in [3.8, 4) is 0 Å². The average Bonchev–Trinajstić information content (AvgIpc) is 2.29. The number of H-pyrrole nitrogens is 1. The van der Waals surface area contributed by atoms with E-state index >= 15 is 0 Å². The summed E-state index contributed by atoms with van der Waals surface area (Å²) in [6.07, 6.45) is 0. The SMILES string of the molecule is Cc1cccc2c(=O)cc(C(=O)CBr)[nH]c12. The highest BCUT2D eigenvalue weighted by Crippen LogP contribution is 2.13. The fourth-order valence-corrected chi connectivity index (χ4v) is 1.94. The Bertz CT molecular complexity index is 616. The zero-order chi connectivity index (χ0) is 11.7. The molecule has 0 unspecified atom stereocenters. The number of halogens is 1. The van der Waals surface area contributed by atoms with Crippen molar-refractivity contribution >= 4 is 32.6 Å². The lowest BCUT2D eigenvalue weighted by Crippen LogP contribution is -2.11. The van der Waals surface area contributed by atoms with Crippen molar-refractivity contribution in [2.24, 2.45) is 0 Å². The number of hydrogen-bond acceptors (Lipinski definition) is 2. The quantitative estimate of drug-likeness (QED) is 0.678. The van der Waals surface area contributed by atoms with Gasteiger partial charge in [0, 0.05) is 11.5 Å². The van der Waals surface area contributed by atoms with Crippen LogP contribution in [0.5, 0.6) is 0 Å². The maximum absolute atomic E-state index is 11.8. The van der Waals surface area contributed by atoms with Crippen LogP contribution in [0.3, 0.4) is 0 Å². The van der Waals surface area contributed by atoms with Gasteiger partial charge in [-0.15, -0.1) is 0 Å². The molecule has 0 radical (unpaired) electrons. The Hall–Kier alpha value is -1.42. The number of pyridine rings is 1. The molecule has 1 heterocycles. The van der Waals surface area contributed by atoms with Crippen molar-refractivity contribution < 1.29 is 4.79 Å². The van der Waals surface area contributed by atoms with Crippen LogP contribution in [-0.4, -0.2) is 16.1 Å². The summed E-state index contributed by atoms with van der Waals surface area (Å²) in [5, 5.41) is 0.825. The summed E-state index contributed by atoms with van der Waals surface area (Å²) in [4.78, 5) is 26.3. The molecule has 1 N–H and O–H groups in total. The number of para-hydroxylation sites is 1. The molecule has 4 heteroatoms. The topological polar surface area (TPSA) is 49.9 Å². The molecule has 16 heavy (non-hydrogen) atoms. The second kappa shape index (κ2) is 4.22. The molecule has 0 aliphatic carbocycles. The molecule has 0 amide bonds. The molecule has 0 saturated carbocycles. The first-order chi connectivity index (χ1) is 7.63. The fourth-order valence-electron chi connectivity index (χ4n) is 1.64. The van der Waals surface area contributed by atoms with E-state index in [4.69, 9.17) is 0 Å². The Kier molecular flexibility index (Phi) is 2.92. The van der Waals surface area contributed by atoms with Crippen LogP contribution in [0, 0.1) is 6.92 Å². The van der Waals surface area contributed by atoms with Gasteiger partial charge in [-0.2, -0.15) is 0 Å². The normalized spacial score (nSPS) is 10.6. The second-order valence-electron chi connectivity index (χ2n) is 3.60. The Balaban J connectivity index is 2.80. The Morgan fingerprint density at radius 3 is 2.88 bits per heavy atom. The molecule has 0 saturated heterocycles. The number of ketones is 1. The Labute approximate surface area is 101 Å². The number of fused-ring (bicyclic) bond motifs is 1. The molecule has 2 rings (SSSR count). The van der Waals surface area contributed by atoms with Gasteiger partial charge < -0.3 is 4.98 Å². The predicted molar refractivity (Wildman–Crippen MR) is 67.4 cm³/mol. The number of Topliss-reactive ketones (excluding diaryl/α,β-unsaturated/α-hetero) is 1. The summed E-state index contributed by atoms with van der Waals surface area (Å²) in [5.41, 5.74) is 1.92. The highest BCUT2D eigenvalue weighted by atomic mass is 79.9. The van der Waals surface area contributed by atoms with Crippen LogP contribution in [0.2, 0.25) is 0 Å². The van der Waals surface area contributed by atoms with Gasteiger partial charge in [0.15, 0.2) is 11.2 Å². The number of carbonyl (C=O) groups is 1. The molecule has 82 valence electrons. The summed E-state index contributed by atoms with van der Waals surface area (Å²) < 4.78 is 0. The third-order valence-electron chi connectivity index (χ3n) is 2.50. The summed E-state index contributed by atoms with van der Waals surface area (Å²) in [6.45, 7) is 1.90. The molecule has 3 nitrogen and oxygen atoms in total. The smallest absolute Gasteiger partial charge is 0.190 e. The van der Waals surface area contributed by atoms with E-state index in [1.165, 1.54) is 6.07 Å². The minimum absolute atomic E-state index is 0.123. The summed E-state index contributed by atoms with van der Waals surface area (Å²) in [6, 6.07) is 6.84. The van der Waals surface area contributed by atoms with E-state index in [0.717, 1.165) is 11.1 Å². The van der Waals surface area contributed by atoms with Gasteiger partial charge in [0.1, 0.15) is 0 Å². The van der Waals surface area contributed by atoms with Gasteiger partial charge in [0.25, 0.3) is 0 Å². The summed E-state index contributed by atoms with van der Waals surface area (Å²) in [7, 11) is 0. The molecular formula is C12H10BrNO2. The number of alkyl halides is 1. The highest BCUT2D eigenvalue weighted by molar-refractivity contribution is 9.09. The van der Waals surface area contributed by atoms with Crippen molar-refractivity contribution in [1.82, 2.24) is 4.98 Å². The molecule has 1 aromatic carbocycles. The first-order valence-electron chi connectivity index (χ1n) is 4.85. The van der Waals surface area contributed by atoms with Crippen molar-refractivity contribution in [3.63, 3.8) is 0 Å². The number of aromatic amines is 1. The van der Waals surface area contributed by atoms with Crippen LogP contribution in [-0.2, 0) is 0 Å². The van der Waals surface area contributed by atoms with Gasteiger partial charge in [-0.1, -0.05) is 28.1 Å². The van der Waals surface area contributed by atoms with Crippen LogP contribution in [0.1, 0.15) is 16.1 Å². The van der Waals surface area contributed by atoms with Crippen LogP contribution in [0.25, 0.3) is 10.9 Å². The first-order valence-corrected chi connectivity index (χ1v) is 5.97. The zero-order valence-electron chi connectivity index (χ0n) is 8.71. The Morgan fingerprint density at radius 1 is 1.44 bits per heavy atom. The lowest BCUT2D eigenvalue weighted by molar-refractivity contribution is 0.101. The minimum atomic E-state index is -0.123. The largest absolute Gasteiger partial charge is 0.352 e. The lowest BCUT2D eigenvalue weighted by Gasteiger charge is -2.04. The van der Waals surface area contributed by atoms with Gasteiger partial charge in [0.05, 0.1) is 16.5 Å². The fraction of sp³-hybridized carbons (Fsp3) is 0.167. The van der Waals surface area contributed by atoms with Crippen molar-refractivity contribution in [2.75, 3.05) is 5.33 Å². The van der Waals surface area contributed by atoms with Crippen molar-refractivity contribution in [3.05, 3.63) is 45.7 Å². The van der Waals surface area contributed by atoms with Crippen LogP contribution in [0.4, 0.5) is 0 Å². The summed E-state index contributed by atoms with van der Waals surface area (Å²) >= 11 is 3.09. The molecule has 0 fully saturated rings. The van der Waals surface area contributed by atoms with Crippen molar-refractivity contribution in [2.45, 2.75) is 6.92 Å². The number of aromatic nitrogens is 1. The van der Waals surface area contributed by atoms with Crippen molar-refractivity contribution in [1.29, 1.82) is 0 Å². The third-order valence-corrected chi connectivity index (χ3v) is 3.00. The monoisotopic (exact) mass is 279 g/mol. The minimum Gasteiger partial charge on any atom is -0.352 e. The lowest BCUT2D eigenvalue weighted by atomic mass is 10.1. The van der Waals surface area contributed by atoms with Gasteiger partial charge in [-0.05, 0) is 18.6 Å². The standard InChI is InChI=1S/C12H10BrNO2/c1-7-3-2-4-8-10(15)5-9(11(16)6-13)14-12(7)8/h2-5H,6H2,1H3,(H,14,15). The third kappa shape index (κ3) is 1.80. The number of aryl methyl sites for hydroxylation is 1. The van der Waals surface area contributed by atoms with E-state index in [-0.39, 0.29) is 16.5 Å². The van der Waals surface area contributed by atoms with E-state index < -0.39 is 0 Å². The number of rotatable bonds is 2. The number of benzene rings is 1. The Morgan fingerprint density at radius 2 is 2.19 bits per heavy atom. The molecule has 0 spiro atoms. The predicted octanol–water partition coefficient (Wildman–Crippen LogP) is 2.41. The zero-order valence-corrected chi connectivity index (χ0v) is 10.3. The van der Waals surface area contributed by atoms with Crippen LogP contribution in [0.15, 0.2) is 29.1 Å². The van der Waals surface area contributed by atoms with Crippen LogP contribution >= 0.6 is 15.9 Å². The maximum Gasteiger partial charge on any atom is 0.190 e. The van der Waals surface area contributed by atoms with E-state index in [9.17, 15) is 9.59 Å². The molecule has 0 atom stereocenters. The van der Waals surface area contributed by atoms with Gasteiger partial charge >= 0.3 is 0 Å². The molecule has 0 aliphatic heterocycles. The average molecular weight is 280 g/mol. The molecule has 0 bridgehead atoms. The number of carbonyl (C=O) groups excluding carboxylic acids is 1. The second-order valence-corrected chi connectivity index (χ2v) is 4.16. The van der Waals surface area contributed by atoms with E-state index in [2.05, 4.69) is 20.9 Å².